The zero-order valence-electron chi connectivity index (χ0n) is 26.6. The summed E-state index contributed by atoms with van der Waals surface area (Å²) in [6.07, 6.45) is 2.99. The molecule has 0 fully saturated rings. The summed E-state index contributed by atoms with van der Waals surface area (Å²) >= 11 is -1.89. The van der Waals surface area contributed by atoms with Crippen LogP contribution in [-0.4, -0.2) is 27.0 Å². The van der Waals surface area contributed by atoms with Gasteiger partial charge in [-0.1, -0.05) is 77.1 Å². The molecule has 9 heteroatoms. The first-order valence-electron chi connectivity index (χ1n) is 14.5. The third kappa shape index (κ3) is 6.37. The van der Waals surface area contributed by atoms with Gasteiger partial charge < -0.3 is 8.92 Å². The van der Waals surface area contributed by atoms with Gasteiger partial charge in [0, 0.05) is 15.9 Å². The lowest BCUT2D eigenvalue weighted by Gasteiger charge is -2.33. The van der Waals surface area contributed by atoms with Crippen LogP contribution < -0.4 is 18.3 Å². The van der Waals surface area contributed by atoms with Crippen molar-refractivity contribution in [1.82, 2.24) is 9.90 Å². The van der Waals surface area contributed by atoms with Crippen molar-refractivity contribution in [2.75, 3.05) is 11.8 Å². The molecule has 226 valence electrons. The van der Waals surface area contributed by atoms with Crippen LogP contribution in [0.2, 0.25) is 0 Å². The van der Waals surface area contributed by atoms with Gasteiger partial charge in [0.15, 0.2) is 17.7 Å². The second-order valence-electron chi connectivity index (χ2n) is 13.1. The molecule has 1 unspecified atom stereocenters. The standard InChI is InChI=1S/C34H42N5O3S/c1-22-17-23(2)31(24(3)30(22)32-35-21-38-19-27(36-39(32)38)25-13-11-10-12-14-25)37-43(40)42-29-18-26(15-16-28(29)41-9)34(7,8)20-33(4,5)6/h10-19,37H,20-21H2,1-9H3/q+1. The van der Waals surface area contributed by atoms with Crippen LogP contribution in [0.25, 0.3) is 11.3 Å². The molecular weight excluding hydrogens is 558 g/mol. The number of hydrogen-bond donors (Lipinski definition) is 1. The third-order valence-electron chi connectivity index (χ3n) is 7.80. The molecule has 1 N–H and O–H groups in total. The number of nitrogens with one attached hydrogen (secondary N) is 1. The molecule has 0 aliphatic carbocycles. The quantitative estimate of drug-likeness (QED) is 0.214. The second-order valence-corrected chi connectivity index (χ2v) is 14.0. The van der Waals surface area contributed by atoms with Crippen molar-refractivity contribution in [1.29, 1.82) is 0 Å². The Morgan fingerprint density at radius 3 is 2.37 bits per heavy atom. The van der Waals surface area contributed by atoms with Crippen LogP contribution in [0.5, 0.6) is 11.5 Å². The largest absolute Gasteiger partial charge is 0.493 e. The van der Waals surface area contributed by atoms with Crippen molar-refractivity contribution in [3.8, 4) is 22.8 Å². The van der Waals surface area contributed by atoms with E-state index in [0.717, 1.165) is 57.0 Å². The molecular formula is C34H42N5O3S+. The molecule has 1 aliphatic rings. The van der Waals surface area contributed by atoms with Gasteiger partial charge in [-0.05, 0) is 72.4 Å². The molecule has 4 aromatic rings. The average Bonchev–Trinajstić information content (AvgIpc) is 3.52. The summed E-state index contributed by atoms with van der Waals surface area (Å²) in [5.41, 5.74) is 7.69. The number of aromatic nitrogens is 3. The minimum Gasteiger partial charge on any atom is -0.493 e. The number of methoxy groups -OCH3 is 1. The van der Waals surface area contributed by atoms with Crippen LogP contribution in [0.4, 0.5) is 5.69 Å². The van der Waals surface area contributed by atoms with Crippen molar-refractivity contribution < 1.29 is 17.8 Å². The molecule has 43 heavy (non-hydrogen) atoms. The van der Waals surface area contributed by atoms with E-state index in [0.29, 0.717) is 18.2 Å². The lowest BCUT2D eigenvalue weighted by atomic mass is 9.72. The molecule has 0 saturated carbocycles. The van der Waals surface area contributed by atoms with E-state index in [2.05, 4.69) is 58.4 Å². The van der Waals surface area contributed by atoms with Crippen LogP contribution in [0.15, 0.2) is 65.8 Å². The lowest BCUT2D eigenvalue weighted by Crippen LogP contribution is -2.40. The maximum Gasteiger partial charge on any atom is 0.316 e. The van der Waals surface area contributed by atoms with Crippen molar-refractivity contribution in [3.05, 3.63) is 88.6 Å². The van der Waals surface area contributed by atoms with E-state index in [1.165, 1.54) is 0 Å². The van der Waals surface area contributed by atoms with Gasteiger partial charge in [-0.25, -0.2) is 4.99 Å². The van der Waals surface area contributed by atoms with Gasteiger partial charge in [-0.15, -0.1) is 4.68 Å². The molecule has 1 aromatic heterocycles. The zero-order valence-corrected chi connectivity index (χ0v) is 27.4. The summed E-state index contributed by atoms with van der Waals surface area (Å²) in [6, 6.07) is 18.1. The number of nitrogens with zero attached hydrogens (tertiary/aromatic N) is 4. The van der Waals surface area contributed by atoms with E-state index < -0.39 is 11.3 Å². The molecule has 8 nitrogen and oxygen atoms in total. The van der Waals surface area contributed by atoms with E-state index >= 15 is 0 Å². The predicted molar refractivity (Wildman–Crippen MR) is 173 cm³/mol. The number of aliphatic imine (C=N–C) groups is 1. The van der Waals surface area contributed by atoms with Gasteiger partial charge >= 0.3 is 11.3 Å². The van der Waals surface area contributed by atoms with Crippen LogP contribution in [-0.2, 0) is 23.4 Å². The zero-order chi connectivity index (χ0) is 31.1. The molecule has 0 radical (unpaired) electrons. The number of benzene rings is 3. The molecule has 0 saturated heterocycles. The highest BCUT2D eigenvalue weighted by Crippen LogP contribution is 2.40. The first-order chi connectivity index (χ1) is 20.3. The Kier molecular flexibility index (Phi) is 8.22. The summed E-state index contributed by atoms with van der Waals surface area (Å²) in [4.78, 5) is 6.66. The van der Waals surface area contributed by atoms with Crippen molar-refractivity contribution in [3.63, 3.8) is 0 Å². The smallest absolute Gasteiger partial charge is 0.316 e. The highest BCUT2D eigenvalue weighted by molar-refractivity contribution is 7.82. The number of anilines is 1. The monoisotopic (exact) mass is 600 g/mol. The molecule has 5 rings (SSSR count). The van der Waals surface area contributed by atoms with Crippen molar-refractivity contribution >= 4 is 22.8 Å². The Morgan fingerprint density at radius 1 is 0.977 bits per heavy atom. The van der Waals surface area contributed by atoms with Gasteiger partial charge in [-0.3, -0.25) is 4.72 Å². The SMILES string of the molecule is COc1ccc(C(C)(C)CC(C)(C)C)cc1OS(=O)Nc1c(C)cc(C)c(C2=NC[n+]3cc(-c4ccccc4)nn32)c1C. The van der Waals surface area contributed by atoms with Crippen molar-refractivity contribution in [2.45, 2.75) is 73.9 Å². The number of aryl methyl sites for hydroxylation is 2. The van der Waals surface area contributed by atoms with Gasteiger partial charge in [0.25, 0.3) is 0 Å². The third-order valence-corrected chi connectivity index (χ3v) is 8.51. The van der Waals surface area contributed by atoms with Crippen LogP contribution in [0.3, 0.4) is 0 Å². The van der Waals surface area contributed by atoms with Crippen LogP contribution >= 0.6 is 0 Å². The number of hydrogen-bond acceptors (Lipinski definition) is 5. The molecule has 3 aromatic carbocycles. The van der Waals surface area contributed by atoms with Gasteiger partial charge in [-0.2, -0.15) is 4.21 Å². The minimum atomic E-state index is -1.89. The number of ether oxygens (including phenoxy) is 1. The molecule has 0 bridgehead atoms. The molecule has 1 atom stereocenters. The van der Waals surface area contributed by atoms with Gasteiger partial charge in [0.05, 0.1) is 17.9 Å². The summed E-state index contributed by atoms with van der Waals surface area (Å²) < 4.78 is 30.2. The van der Waals surface area contributed by atoms with E-state index in [-0.39, 0.29) is 10.8 Å². The summed E-state index contributed by atoms with van der Waals surface area (Å²) in [6.45, 7) is 17.7. The van der Waals surface area contributed by atoms with E-state index in [9.17, 15) is 4.21 Å². The fraction of sp³-hybridized carbons (Fsp3) is 0.382. The highest BCUT2D eigenvalue weighted by atomic mass is 32.2. The Bertz CT molecular complexity index is 1720. The minimum absolute atomic E-state index is 0.109. The summed E-state index contributed by atoms with van der Waals surface area (Å²) in [7, 11) is 1.59. The first-order valence-corrected chi connectivity index (χ1v) is 15.6. The van der Waals surface area contributed by atoms with Crippen LogP contribution in [0.1, 0.15) is 68.9 Å². The van der Waals surface area contributed by atoms with Crippen molar-refractivity contribution in [2.24, 2.45) is 10.4 Å². The molecule has 0 amide bonds. The van der Waals surface area contributed by atoms with Gasteiger partial charge in [0.1, 0.15) is 0 Å². The second kappa shape index (κ2) is 11.6. The Morgan fingerprint density at radius 2 is 1.70 bits per heavy atom. The van der Waals surface area contributed by atoms with E-state index in [1.807, 2.05) is 72.0 Å². The topological polar surface area (TPSA) is 81.6 Å². The molecule has 2 heterocycles. The molecule has 0 spiro atoms. The Balaban J connectivity index is 1.43. The maximum atomic E-state index is 13.5. The van der Waals surface area contributed by atoms with Crippen LogP contribution in [0, 0.1) is 26.2 Å². The van der Waals surface area contributed by atoms with E-state index in [1.54, 1.807) is 7.11 Å². The summed E-state index contributed by atoms with van der Waals surface area (Å²) in [5.74, 6) is 1.71. The Hall–Kier alpha value is -3.98. The number of fused-ring (bicyclic) bond motifs is 1. The first kappa shape index (κ1) is 30.5. The highest BCUT2D eigenvalue weighted by Gasteiger charge is 2.31. The maximum absolute atomic E-state index is 13.5. The fourth-order valence-electron chi connectivity index (χ4n) is 6.24. The van der Waals surface area contributed by atoms with E-state index in [4.69, 9.17) is 19.0 Å². The molecule has 1 aliphatic heterocycles. The normalized spacial score (nSPS) is 13.8. The number of rotatable bonds is 9. The lowest BCUT2D eigenvalue weighted by molar-refractivity contribution is -0.758. The summed E-state index contributed by atoms with van der Waals surface area (Å²) in [5, 5.41) is 4.87. The predicted octanol–water partition coefficient (Wildman–Crippen LogP) is 6.82. The average molecular weight is 601 g/mol. The van der Waals surface area contributed by atoms with Gasteiger partial charge in [0.2, 0.25) is 18.2 Å². The Labute approximate surface area is 257 Å². The fourth-order valence-corrected chi connectivity index (χ4v) is 7.05.